The second kappa shape index (κ2) is 3.75. The monoisotopic (exact) mass is 233 g/mol. The number of anilines is 1. The van der Waals surface area contributed by atoms with Crippen LogP contribution in [0.1, 0.15) is 17.3 Å². The summed E-state index contributed by atoms with van der Waals surface area (Å²) in [6.45, 7) is 0.638. The number of rotatable bonds is 2. The lowest BCUT2D eigenvalue weighted by molar-refractivity contribution is 0.340. The van der Waals surface area contributed by atoms with Crippen LogP contribution in [0.5, 0.6) is 5.75 Å². The minimum absolute atomic E-state index is 0.176. The number of fused-ring (bicyclic) bond motifs is 1. The van der Waals surface area contributed by atoms with Crippen molar-refractivity contribution in [2.45, 2.75) is 5.92 Å². The Morgan fingerprint density at radius 1 is 1.44 bits per heavy atom. The third kappa shape index (κ3) is 1.44. The summed E-state index contributed by atoms with van der Waals surface area (Å²) in [6, 6.07) is 8.06. The minimum atomic E-state index is 0.176. The predicted molar refractivity (Wildman–Crippen MR) is 63.2 cm³/mol. The molecule has 1 aromatic carbocycles. The Morgan fingerprint density at radius 2 is 2.31 bits per heavy atom. The Balaban J connectivity index is 1.98. The van der Waals surface area contributed by atoms with E-state index in [1.54, 1.807) is 0 Å². The van der Waals surface area contributed by atoms with Crippen LogP contribution in [-0.4, -0.2) is 23.0 Å². The largest absolute Gasteiger partial charge is 0.492 e. The van der Waals surface area contributed by atoms with Gasteiger partial charge >= 0.3 is 0 Å². The Kier molecular flexibility index (Phi) is 2.25. The van der Waals surface area contributed by atoms with Crippen LogP contribution in [0.2, 0.25) is 0 Å². The van der Waals surface area contributed by atoms with Gasteiger partial charge in [-0.3, -0.25) is 0 Å². The van der Waals surface area contributed by atoms with Crippen molar-refractivity contribution in [3.8, 4) is 5.75 Å². The molecule has 0 radical (unpaired) electrons. The summed E-state index contributed by atoms with van der Waals surface area (Å²) in [5.74, 6) is 1.97. The second-order valence-corrected chi connectivity index (χ2v) is 4.36. The number of benzene rings is 1. The summed E-state index contributed by atoms with van der Waals surface area (Å²) in [4.78, 5) is 4.43. The van der Waals surface area contributed by atoms with Crippen molar-refractivity contribution in [3.05, 3.63) is 35.7 Å². The summed E-state index contributed by atoms with van der Waals surface area (Å²) < 4.78 is 9.97. The van der Waals surface area contributed by atoms with Gasteiger partial charge in [0.25, 0.3) is 0 Å². The van der Waals surface area contributed by atoms with Gasteiger partial charge in [-0.2, -0.15) is 4.37 Å². The molecule has 0 amide bonds. The SMILES string of the molecule is CNc1nc(C2COc3ccccc32)ns1. The molecule has 1 aliphatic rings. The van der Waals surface area contributed by atoms with Crippen molar-refractivity contribution >= 4 is 16.7 Å². The Hall–Kier alpha value is -1.62. The lowest BCUT2D eigenvalue weighted by atomic mass is 10.0. The summed E-state index contributed by atoms with van der Waals surface area (Å²) in [6.07, 6.45) is 0. The van der Waals surface area contributed by atoms with Gasteiger partial charge in [0.1, 0.15) is 12.4 Å². The van der Waals surface area contributed by atoms with Gasteiger partial charge in [-0.05, 0) is 6.07 Å². The molecule has 4 nitrogen and oxygen atoms in total. The van der Waals surface area contributed by atoms with Crippen molar-refractivity contribution in [1.29, 1.82) is 0 Å². The quantitative estimate of drug-likeness (QED) is 0.863. The molecule has 0 spiro atoms. The molecule has 1 unspecified atom stereocenters. The molecule has 0 fully saturated rings. The maximum Gasteiger partial charge on any atom is 0.202 e. The molecule has 0 saturated carbocycles. The average Bonchev–Trinajstić information content (AvgIpc) is 2.94. The van der Waals surface area contributed by atoms with E-state index in [1.165, 1.54) is 17.1 Å². The van der Waals surface area contributed by atoms with E-state index in [0.717, 1.165) is 16.7 Å². The fourth-order valence-corrected chi connectivity index (χ4v) is 2.43. The first-order valence-electron chi connectivity index (χ1n) is 5.11. The zero-order valence-electron chi connectivity index (χ0n) is 8.80. The molecule has 16 heavy (non-hydrogen) atoms. The van der Waals surface area contributed by atoms with Gasteiger partial charge in [-0.25, -0.2) is 4.98 Å². The van der Waals surface area contributed by atoms with Crippen molar-refractivity contribution in [3.63, 3.8) is 0 Å². The number of hydrogen-bond acceptors (Lipinski definition) is 5. The van der Waals surface area contributed by atoms with Gasteiger partial charge in [-0.15, -0.1) is 0 Å². The van der Waals surface area contributed by atoms with Gasteiger partial charge in [-0.1, -0.05) is 18.2 Å². The van der Waals surface area contributed by atoms with Crippen molar-refractivity contribution in [2.75, 3.05) is 19.0 Å². The van der Waals surface area contributed by atoms with Crippen LogP contribution in [0.25, 0.3) is 0 Å². The topological polar surface area (TPSA) is 47.0 Å². The van der Waals surface area contributed by atoms with Crippen LogP contribution >= 0.6 is 11.5 Å². The number of ether oxygens (including phenoxy) is 1. The molecular formula is C11H11N3OS. The van der Waals surface area contributed by atoms with Crippen molar-refractivity contribution < 1.29 is 4.74 Å². The van der Waals surface area contributed by atoms with E-state index in [2.05, 4.69) is 20.7 Å². The van der Waals surface area contributed by atoms with Gasteiger partial charge in [0.2, 0.25) is 5.13 Å². The number of para-hydroxylation sites is 1. The lowest BCUT2D eigenvalue weighted by Gasteiger charge is -2.02. The maximum atomic E-state index is 5.61. The molecule has 2 aromatic rings. The van der Waals surface area contributed by atoms with E-state index >= 15 is 0 Å². The highest BCUT2D eigenvalue weighted by molar-refractivity contribution is 7.09. The Morgan fingerprint density at radius 3 is 3.12 bits per heavy atom. The third-order valence-electron chi connectivity index (χ3n) is 2.67. The molecule has 0 bridgehead atoms. The molecule has 1 aliphatic heterocycles. The predicted octanol–water partition coefficient (Wildman–Crippen LogP) is 2.10. The molecule has 1 atom stereocenters. The Bertz CT molecular complexity index is 511. The standard InChI is InChI=1S/C11H11N3OS/c1-12-11-13-10(14-16-11)8-6-15-9-5-3-2-4-7(8)9/h2-5,8H,6H2,1H3,(H,12,13,14). The first-order valence-corrected chi connectivity index (χ1v) is 5.89. The molecule has 1 aromatic heterocycles. The number of hydrogen-bond donors (Lipinski definition) is 1. The van der Waals surface area contributed by atoms with Gasteiger partial charge in [0.05, 0.1) is 5.92 Å². The van der Waals surface area contributed by atoms with E-state index in [4.69, 9.17) is 4.74 Å². The number of aromatic nitrogens is 2. The molecular weight excluding hydrogens is 222 g/mol. The van der Waals surface area contributed by atoms with Crippen LogP contribution in [0.15, 0.2) is 24.3 Å². The summed E-state index contributed by atoms with van der Waals surface area (Å²) in [7, 11) is 1.85. The van der Waals surface area contributed by atoms with Crippen LogP contribution in [0.4, 0.5) is 5.13 Å². The van der Waals surface area contributed by atoms with E-state index in [-0.39, 0.29) is 5.92 Å². The van der Waals surface area contributed by atoms with Gasteiger partial charge < -0.3 is 10.1 Å². The van der Waals surface area contributed by atoms with Crippen molar-refractivity contribution in [1.82, 2.24) is 9.36 Å². The molecule has 82 valence electrons. The van der Waals surface area contributed by atoms with Gasteiger partial charge in [0, 0.05) is 24.1 Å². The van der Waals surface area contributed by atoms with E-state index in [0.29, 0.717) is 6.61 Å². The normalized spacial score (nSPS) is 17.9. The highest BCUT2D eigenvalue weighted by Gasteiger charge is 2.28. The smallest absolute Gasteiger partial charge is 0.202 e. The van der Waals surface area contributed by atoms with Crippen LogP contribution in [0, 0.1) is 0 Å². The molecule has 0 aliphatic carbocycles. The van der Waals surface area contributed by atoms with Crippen LogP contribution in [0.3, 0.4) is 0 Å². The zero-order valence-corrected chi connectivity index (χ0v) is 9.62. The van der Waals surface area contributed by atoms with Crippen LogP contribution < -0.4 is 10.1 Å². The Labute approximate surface area is 97.5 Å². The van der Waals surface area contributed by atoms with E-state index in [9.17, 15) is 0 Å². The highest BCUT2D eigenvalue weighted by atomic mass is 32.1. The summed E-state index contributed by atoms with van der Waals surface area (Å²) in [5.41, 5.74) is 1.18. The second-order valence-electron chi connectivity index (χ2n) is 3.61. The molecule has 3 rings (SSSR count). The molecule has 0 saturated heterocycles. The van der Waals surface area contributed by atoms with Crippen LogP contribution in [-0.2, 0) is 0 Å². The zero-order chi connectivity index (χ0) is 11.0. The lowest BCUT2D eigenvalue weighted by Crippen LogP contribution is -2.04. The summed E-state index contributed by atoms with van der Waals surface area (Å²) in [5, 5.41) is 3.85. The minimum Gasteiger partial charge on any atom is -0.492 e. The fraction of sp³-hybridized carbons (Fsp3) is 0.273. The molecule has 1 N–H and O–H groups in total. The fourth-order valence-electron chi connectivity index (χ4n) is 1.85. The maximum absolute atomic E-state index is 5.61. The molecule has 5 heteroatoms. The van der Waals surface area contributed by atoms with E-state index < -0.39 is 0 Å². The number of nitrogens with one attached hydrogen (secondary N) is 1. The third-order valence-corrected chi connectivity index (χ3v) is 3.41. The molecule has 2 heterocycles. The number of nitrogens with zero attached hydrogens (tertiary/aromatic N) is 2. The first kappa shape index (κ1) is 9.59. The summed E-state index contributed by atoms with van der Waals surface area (Å²) >= 11 is 1.38. The van der Waals surface area contributed by atoms with E-state index in [1.807, 2.05) is 25.2 Å². The average molecular weight is 233 g/mol. The first-order chi connectivity index (χ1) is 7.88. The highest BCUT2D eigenvalue weighted by Crippen LogP contribution is 2.37. The van der Waals surface area contributed by atoms with Gasteiger partial charge in [0.15, 0.2) is 5.82 Å². The van der Waals surface area contributed by atoms with Crippen molar-refractivity contribution in [2.24, 2.45) is 0 Å².